The summed E-state index contributed by atoms with van der Waals surface area (Å²) in [6, 6.07) is 6.38. The monoisotopic (exact) mass is 629 g/mol. The van der Waals surface area contributed by atoms with Gasteiger partial charge in [0.15, 0.2) is 0 Å². The Kier molecular flexibility index (Phi) is 11.2. The second-order valence-corrected chi connectivity index (χ2v) is 16.8. The quantitative estimate of drug-likeness (QED) is 0.497. The van der Waals surface area contributed by atoms with E-state index in [1.807, 2.05) is 7.05 Å². The molecule has 0 aliphatic carbocycles. The van der Waals surface area contributed by atoms with Gasteiger partial charge in [0.2, 0.25) is 0 Å². The molecule has 0 unspecified atom stereocenters. The number of aryl methyl sites for hydroxylation is 1. The molecule has 0 saturated carbocycles. The van der Waals surface area contributed by atoms with Gasteiger partial charge in [0, 0.05) is 0 Å². The molecule has 14 heavy (non-hydrogen) atoms. The van der Waals surface area contributed by atoms with Gasteiger partial charge in [-0.3, -0.25) is 0 Å². The van der Waals surface area contributed by atoms with E-state index in [1.54, 1.807) is 0 Å². The molecule has 0 bridgehead atoms. The van der Waals surface area contributed by atoms with Crippen LogP contribution in [0.2, 0.25) is 0 Å². The second kappa shape index (κ2) is 9.95. The molecule has 0 heterocycles. The Bertz CT molecular complexity index is 271. The topological polar surface area (TPSA) is 12.0 Å². The first-order valence-corrected chi connectivity index (χ1v) is 27.2. The van der Waals surface area contributed by atoms with Crippen LogP contribution in [0.1, 0.15) is 5.56 Å². The van der Waals surface area contributed by atoms with Gasteiger partial charge in [0.05, 0.1) is 0 Å². The van der Waals surface area contributed by atoms with Crippen molar-refractivity contribution >= 4 is 33.5 Å². The Hall–Kier alpha value is 1.76. The van der Waals surface area contributed by atoms with Crippen LogP contribution >= 0.6 is 24.7 Å². The number of anilines is 1. The normalized spacial score (nSPS) is 7.79. The van der Waals surface area contributed by atoms with Gasteiger partial charge in [-0.25, -0.2) is 0 Å². The van der Waals surface area contributed by atoms with Crippen LogP contribution in [0.5, 0.6) is 0 Å². The number of rotatable bonds is 2. The van der Waals surface area contributed by atoms with Gasteiger partial charge >= 0.3 is 122 Å². The number of nitrogens with one attached hydrogen (secondary N) is 1. The van der Waals surface area contributed by atoms with E-state index in [4.69, 9.17) is 24.7 Å². The minimum atomic E-state index is -1.21. The molecule has 0 fully saturated rings. The van der Waals surface area contributed by atoms with E-state index in [-0.39, 0.29) is 0 Å². The van der Waals surface area contributed by atoms with Gasteiger partial charge in [-0.15, -0.1) is 0 Å². The van der Waals surface area contributed by atoms with Gasteiger partial charge in [0.25, 0.3) is 0 Å². The minimum absolute atomic E-state index is 1.14. The molecule has 0 spiro atoms. The van der Waals surface area contributed by atoms with Gasteiger partial charge in [-0.05, 0) is 0 Å². The zero-order chi connectivity index (χ0) is 11.0. The van der Waals surface area contributed by atoms with Crippen molar-refractivity contribution in [1.82, 2.24) is 0 Å². The Morgan fingerprint density at radius 2 is 1.79 bits per heavy atom. The van der Waals surface area contributed by atoms with Crippen LogP contribution in [0.4, 0.5) is 5.69 Å². The molecule has 72 valence electrons. The summed E-state index contributed by atoms with van der Waals surface area (Å²) in [4.78, 5) is 0. The molecule has 1 N–H and O–H groups in total. The predicted octanol–water partition coefficient (Wildman–Crippen LogP) is 3.27. The predicted molar refractivity (Wildman–Crippen MR) is 57.9 cm³/mol. The molecule has 1 rings (SSSR count). The summed E-state index contributed by atoms with van der Waals surface area (Å²) in [6.45, 7) is 2.12. The SMILES string of the molecule is CNc1ccc(C)[c]([Hg][Cl])c1.[Cl][Hg][Cl]. The van der Waals surface area contributed by atoms with Crippen molar-refractivity contribution < 1.29 is 45.4 Å². The summed E-state index contributed by atoms with van der Waals surface area (Å²) in [5.41, 5.74) is 2.52. The van der Waals surface area contributed by atoms with E-state index < -0.39 is 45.4 Å². The molecular weight excluding hydrogens is 618 g/mol. The fourth-order valence-corrected chi connectivity index (χ4v) is 5.93. The van der Waals surface area contributed by atoms with Crippen LogP contribution in [0.25, 0.3) is 0 Å². The van der Waals surface area contributed by atoms with E-state index in [2.05, 4.69) is 30.4 Å². The summed E-state index contributed by atoms with van der Waals surface area (Å²) < 4.78 is 1.42. The van der Waals surface area contributed by atoms with Gasteiger partial charge in [-0.1, -0.05) is 0 Å². The van der Waals surface area contributed by atoms with Crippen LogP contribution in [-0.4, -0.2) is 7.05 Å². The van der Waals surface area contributed by atoms with Crippen LogP contribution in [0.3, 0.4) is 0 Å². The number of halogens is 3. The average molecular weight is 628 g/mol. The maximum absolute atomic E-state index is 5.96. The van der Waals surface area contributed by atoms with Crippen molar-refractivity contribution in [3.05, 3.63) is 23.8 Å². The molecule has 1 aromatic rings. The summed E-state index contributed by atoms with van der Waals surface area (Å²) in [5, 5.41) is 3.11. The van der Waals surface area contributed by atoms with Crippen LogP contribution < -0.4 is 8.39 Å². The Morgan fingerprint density at radius 1 is 1.21 bits per heavy atom. The Labute approximate surface area is 120 Å². The van der Waals surface area contributed by atoms with E-state index in [1.165, 1.54) is 14.3 Å². The molecule has 6 heteroatoms. The van der Waals surface area contributed by atoms with Crippen LogP contribution in [-0.2, 0) is 45.4 Å². The van der Waals surface area contributed by atoms with Crippen molar-refractivity contribution in [2.75, 3.05) is 12.4 Å². The maximum atomic E-state index is 5.96. The Balaban J connectivity index is 0.000000500. The molecule has 1 nitrogen and oxygen atoms in total. The van der Waals surface area contributed by atoms with Crippen molar-refractivity contribution in [1.29, 1.82) is 0 Å². The number of hydrogen-bond donors (Lipinski definition) is 1. The third-order valence-corrected chi connectivity index (χ3v) is 8.39. The molecular formula is C8H10Cl3Hg2N. The molecule has 0 aliphatic heterocycles. The summed E-state index contributed by atoms with van der Waals surface area (Å²) in [5.74, 6) is 0. The van der Waals surface area contributed by atoms with Gasteiger partial charge in [-0.2, -0.15) is 0 Å². The molecule has 0 atom stereocenters. The van der Waals surface area contributed by atoms with Gasteiger partial charge < -0.3 is 0 Å². The van der Waals surface area contributed by atoms with E-state index in [9.17, 15) is 0 Å². The molecule has 0 aliphatic rings. The standard InChI is InChI=1S/C8H10N.3ClH.2Hg/c1-7-3-5-8(9-2)6-4-7;;;;;/h3,5-6,9H,1-2H3;3*1H;;/q;;;;+1;+2/p-3. The fourth-order valence-electron chi connectivity index (χ4n) is 0.971. The molecule has 0 aromatic heterocycles. The average Bonchev–Trinajstić information content (AvgIpc) is 2.20. The second-order valence-electron chi connectivity index (χ2n) is 2.63. The third-order valence-electron chi connectivity index (χ3n) is 1.78. The van der Waals surface area contributed by atoms with Crippen molar-refractivity contribution in [3.63, 3.8) is 0 Å². The first-order valence-electron chi connectivity index (χ1n) is 4.14. The zero-order valence-electron chi connectivity index (χ0n) is 8.28. The van der Waals surface area contributed by atoms with Crippen LogP contribution in [0, 0.1) is 6.92 Å². The van der Waals surface area contributed by atoms with E-state index in [0.29, 0.717) is 0 Å². The summed E-state index contributed by atoms with van der Waals surface area (Å²) >= 11 is -2.35. The molecule has 0 saturated heterocycles. The van der Waals surface area contributed by atoms with E-state index in [0.717, 1.165) is 0 Å². The van der Waals surface area contributed by atoms with Crippen molar-refractivity contribution in [3.8, 4) is 0 Å². The third kappa shape index (κ3) is 6.37. The summed E-state index contributed by atoms with van der Waals surface area (Å²) in [7, 11) is 17.9. The fraction of sp³-hybridized carbons (Fsp3) is 0.250. The number of benzene rings is 1. The number of hydrogen-bond acceptors (Lipinski definition) is 1. The first-order chi connectivity index (χ1) is 6.69. The summed E-state index contributed by atoms with van der Waals surface area (Å²) in [6.07, 6.45) is 0. The Morgan fingerprint density at radius 3 is 2.21 bits per heavy atom. The molecule has 0 radical (unpaired) electrons. The molecule has 1 aromatic carbocycles. The van der Waals surface area contributed by atoms with E-state index >= 15 is 0 Å². The zero-order valence-corrected chi connectivity index (χ0v) is 21.5. The van der Waals surface area contributed by atoms with Gasteiger partial charge in [0.1, 0.15) is 0 Å². The van der Waals surface area contributed by atoms with Crippen molar-refractivity contribution in [2.45, 2.75) is 6.92 Å². The van der Waals surface area contributed by atoms with Crippen LogP contribution in [0.15, 0.2) is 18.2 Å². The first kappa shape index (κ1) is 15.8. The molecule has 0 amide bonds. The van der Waals surface area contributed by atoms with Crippen molar-refractivity contribution in [2.24, 2.45) is 0 Å².